The molecule has 0 fully saturated rings. The van der Waals surface area contributed by atoms with Crippen LogP contribution in [0.1, 0.15) is 0 Å². The molecule has 1 N–H and O–H groups in total. The van der Waals surface area contributed by atoms with Crippen LogP contribution in [0.5, 0.6) is 0 Å². The van der Waals surface area contributed by atoms with Gasteiger partial charge < -0.3 is 9.84 Å². The molecule has 0 aliphatic heterocycles. The highest BCUT2D eigenvalue weighted by Gasteiger charge is 1.96. The van der Waals surface area contributed by atoms with Crippen LogP contribution in [0.2, 0.25) is 0 Å². The predicted molar refractivity (Wildman–Crippen MR) is 54.0 cm³/mol. The molecule has 70 valence electrons. The molecule has 0 radical (unpaired) electrons. The van der Waals surface area contributed by atoms with Crippen LogP contribution in [-0.2, 0) is 4.74 Å². The summed E-state index contributed by atoms with van der Waals surface area (Å²) in [6.45, 7) is 0. The molecule has 0 saturated heterocycles. The Morgan fingerprint density at radius 3 is 1.54 bits per heavy atom. The number of benzene rings is 1. The number of halogens is 1. The van der Waals surface area contributed by atoms with Crippen LogP contribution >= 0.6 is 23.8 Å². The van der Waals surface area contributed by atoms with E-state index in [1.54, 1.807) is 0 Å². The van der Waals surface area contributed by atoms with Gasteiger partial charge in [0.2, 0.25) is 0 Å². The Hall–Kier alpha value is -1.13. The maximum absolute atomic E-state index is 9.42. The minimum atomic E-state index is -1.49. The zero-order valence-electron chi connectivity index (χ0n) is 6.51. The number of hydrogen-bond donors (Lipinski definition) is 1. The van der Waals surface area contributed by atoms with Crippen LogP contribution in [0.25, 0.3) is 0 Å². The van der Waals surface area contributed by atoms with Gasteiger partial charge in [0.25, 0.3) is 4.51 Å². The molecule has 0 saturated carbocycles. The van der Waals surface area contributed by atoms with E-state index in [9.17, 15) is 4.79 Å². The Balaban J connectivity index is 0.000000223. The Kier molecular flexibility index (Phi) is 6.86. The van der Waals surface area contributed by atoms with Gasteiger partial charge in [0.15, 0.2) is 0 Å². The van der Waals surface area contributed by atoms with Crippen molar-refractivity contribution in [1.29, 1.82) is 0 Å². The summed E-state index contributed by atoms with van der Waals surface area (Å²) in [5.74, 6) is 0. The SMILES string of the molecule is O=C(O)OC(=S)Cl.c1ccccc1. The van der Waals surface area contributed by atoms with Gasteiger partial charge in [-0.25, -0.2) is 4.79 Å². The molecule has 0 heterocycles. The van der Waals surface area contributed by atoms with Crippen molar-refractivity contribution >= 4 is 34.5 Å². The molecule has 0 bridgehead atoms. The number of carboxylic acid groups (broad SMARTS) is 1. The van der Waals surface area contributed by atoms with Gasteiger partial charge in [0, 0.05) is 0 Å². The third kappa shape index (κ3) is 10.9. The largest absolute Gasteiger partial charge is 0.512 e. The minimum absolute atomic E-state index is 0.507. The van der Waals surface area contributed by atoms with Gasteiger partial charge in [-0.2, -0.15) is 0 Å². The first-order chi connectivity index (χ1) is 6.13. The highest BCUT2D eigenvalue weighted by atomic mass is 35.5. The number of carbonyl (C=O) groups is 1. The maximum atomic E-state index is 9.42. The summed E-state index contributed by atoms with van der Waals surface area (Å²) in [7, 11) is 0. The van der Waals surface area contributed by atoms with Crippen LogP contribution in [0.4, 0.5) is 4.79 Å². The molecule has 1 aromatic rings. The Morgan fingerprint density at radius 1 is 1.15 bits per heavy atom. The second-order valence-electron chi connectivity index (χ2n) is 1.76. The fraction of sp³-hybridized carbons (Fsp3) is 0. The lowest BCUT2D eigenvalue weighted by molar-refractivity contribution is 0.143. The van der Waals surface area contributed by atoms with E-state index < -0.39 is 10.7 Å². The molecule has 1 aromatic carbocycles. The summed E-state index contributed by atoms with van der Waals surface area (Å²) in [5, 5.41) is 7.69. The lowest BCUT2D eigenvalue weighted by atomic mass is 10.4. The zero-order chi connectivity index (χ0) is 10.1. The molecule has 0 amide bonds. The lowest BCUT2D eigenvalue weighted by Gasteiger charge is -1.86. The molecular weight excluding hydrogens is 212 g/mol. The standard InChI is InChI=1S/C6H6.C2HClO3S/c1-2-4-6-5-3-1;3-1(7)6-2(4)5/h1-6H;(H,4,5). The van der Waals surface area contributed by atoms with E-state index in [-0.39, 0.29) is 0 Å². The van der Waals surface area contributed by atoms with Crippen molar-refractivity contribution in [2.75, 3.05) is 0 Å². The van der Waals surface area contributed by atoms with Crippen molar-refractivity contribution in [1.82, 2.24) is 0 Å². The van der Waals surface area contributed by atoms with Crippen molar-refractivity contribution in [3.05, 3.63) is 36.4 Å². The quantitative estimate of drug-likeness (QED) is 0.413. The summed E-state index contributed by atoms with van der Waals surface area (Å²) in [5.41, 5.74) is 0. The van der Waals surface area contributed by atoms with Gasteiger partial charge in [-0.05, 0) is 23.8 Å². The maximum Gasteiger partial charge on any atom is 0.512 e. The van der Waals surface area contributed by atoms with Gasteiger partial charge in [0.05, 0.1) is 0 Å². The van der Waals surface area contributed by atoms with Crippen molar-refractivity contribution in [3.8, 4) is 0 Å². The van der Waals surface area contributed by atoms with Gasteiger partial charge in [-0.3, -0.25) is 0 Å². The van der Waals surface area contributed by atoms with Crippen LogP contribution < -0.4 is 0 Å². The summed E-state index contributed by atoms with van der Waals surface area (Å²) in [6, 6.07) is 12.0. The first-order valence-electron chi connectivity index (χ1n) is 3.23. The van der Waals surface area contributed by atoms with Crippen LogP contribution in [0, 0.1) is 0 Å². The number of ether oxygens (including phenoxy) is 1. The monoisotopic (exact) mass is 218 g/mol. The fourth-order valence-corrected chi connectivity index (χ4v) is 0.591. The van der Waals surface area contributed by atoms with Crippen molar-refractivity contribution in [2.24, 2.45) is 0 Å². The van der Waals surface area contributed by atoms with Crippen LogP contribution in [0.3, 0.4) is 0 Å². The van der Waals surface area contributed by atoms with E-state index in [2.05, 4.69) is 17.0 Å². The summed E-state index contributed by atoms with van der Waals surface area (Å²) in [6.07, 6.45) is -1.49. The van der Waals surface area contributed by atoms with Gasteiger partial charge in [-0.15, -0.1) is 0 Å². The normalized spacial score (nSPS) is 7.77. The molecule has 1 rings (SSSR count). The smallest absolute Gasteiger partial charge is 0.449 e. The van der Waals surface area contributed by atoms with Gasteiger partial charge >= 0.3 is 6.16 Å². The molecule has 0 spiro atoms. The zero-order valence-corrected chi connectivity index (χ0v) is 8.09. The summed E-state index contributed by atoms with van der Waals surface area (Å²) >= 11 is 8.84. The van der Waals surface area contributed by atoms with Crippen LogP contribution in [0.15, 0.2) is 36.4 Å². The first kappa shape index (κ1) is 11.9. The van der Waals surface area contributed by atoms with Gasteiger partial charge in [-0.1, -0.05) is 36.4 Å². The van der Waals surface area contributed by atoms with Crippen molar-refractivity contribution < 1.29 is 14.6 Å². The first-order valence-corrected chi connectivity index (χ1v) is 4.02. The lowest BCUT2D eigenvalue weighted by Crippen LogP contribution is -2.00. The second kappa shape index (κ2) is 7.52. The average molecular weight is 219 g/mol. The molecule has 0 aromatic heterocycles. The van der Waals surface area contributed by atoms with Crippen molar-refractivity contribution in [2.45, 2.75) is 0 Å². The molecule has 0 aliphatic carbocycles. The molecule has 0 unspecified atom stereocenters. The molecule has 13 heavy (non-hydrogen) atoms. The summed E-state index contributed by atoms with van der Waals surface area (Å²) in [4.78, 5) is 9.42. The van der Waals surface area contributed by atoms with Crippen LogP contribution in [-0.4, -0.2) is 15.8 Å². The van der Waals surface area contributed by atoms with E-state index in [0.717, 1.165) is 0 Å². The van der Waals surface area contributed by atoms with E-state index in [0.29, 0.717) is 0 Å². The fourth-order valence-electron chi connectivity index (χ4n) is 0.454. The second-order valence-corrected chi connectivity index (χ2v) is 2.70. The van der Waals surface area contributed by atoms with E-state index >= 15 is 0 Å². The predicted octanol–water partition coefficient (Wildman–Crippen LogP) is 2.89. The Bertz CT molecular complexity index is 225. The number of thiocarbonyl (C=S) groups is 1. The number of rotatable bonds is 0. The van der Waals surface area contributed by atoms with E-state index in [4.69, 9.17) is 16.7 Å². The van der Waals surface area contributed by atoms with Gasteiger partial charge in [0.1, 0.15) is 0 Å². The van der Waals surface area contributed by atoms with E-state index in [1.807, 2.05) is 36.4 Å². The highest BCUT2D eigenvalue weighted by molar-refractivity contribution is 7.82. The summed E-state index contributed by atoms with van der Waals surface area (Å²) < 4.78 is 3.16. The third-order valence-electron chi connectivity index (χ3n) is 0.834. The molecule has 5 heteroatoms. The highest BCUT2D eigenvalue weighted by Crippen LogP contribution is 1.86. The van der Waals surface area contributed by atoms with E-state index in [1.165, 1.54) is 0 Å². The molecular formula is C8H7ClO3S. The van der Waals surface area contributed by atoms with Crippen molar-refractivity contribution in [3.63, 3.8) is 0 Å². The molecule has 0 atom stereocenters. The Morgan fingerprint density at radius 2 is 1.46 bits per heavy atom. The minimum Gasteiger partial charge on any atom is -0.449 e. The molecule has 3 nitrogen and oxygen atoms in total. The molecule has 0 aliphatic rings. The average Bonchev–Trinajstić information content (AvgIpc) is 2.06. The topological polar surface area (TPSA) is 46.5 Å². The third-order valence-corrected chi connectivity index (χ3v) is 0.995. The Labute approximate surface area is 85.9 Å². The number of hydrogen-bond acceptors (Lipinski definition) is 3.